The van der Waals surface area contributed by atoms with E-state index in [-0.39, 0.29) is 9.92 Å². The van der Waals surface area contributed by atoms with Gasteiger partial charge in [-0.1, -0.05) is 29.4 Å². The summed E-state index contributed by atoms with van der Waals surface area (Å²) in [5.41, 5.74) is 0.606. The first-order valence-electron chi connectivity index (χ1n) is 8.40. The van der Waals surface area contributed by atoms with Crippen molar-refractivity contribution in [3.05, 3.63) is 33.3 Å². The van der Waals surface area contributed by atoms with E-state index in [4.69, 9.17) is 11.6 Å². The fraction of sp³-hybridized carbons (Fsp3) is 0.529. The largest absolute Gasteiger partial charge is 0.378 e. The fourth-order valence-electron chi connectivity index (χ4n) is 3.34. The van der Waals surface area contributed by atoms with Crippen molar-refractivity contribution in [1.82, 2.24) is 4.90 Å². The second-order valence-electron chi connectivity index (χ2n) is 6.34. The van der Waals surface area contributed by atoms with E-state index >= 15 is 0 Å². The van der Waals surface area contributed by atoms with Crippen LogP contribution in [0.15, 0.2) is 18.2 Å². The second-order valence-corrected chi connectivity index (χ2v) is 7.81. The van der Waals surface area contributed by atoms with Crippen LogP contribution in [0.3, 0.4) is 0 Å². The van der Waals surface area contributed by atoms with Gasteiger partial charge in [0.2, 0.25) is 0 Å². The molecule has 7 heteroatoms. The molecule has 0 radical (unpaired) electrons. The molecule has 1 atom stereocenters. The van der Waals surface area contributed by atoms with Gasteiger partial charge in [0.25, 0.3) is 0 Å². The molecule has 1 aliphatic heterocycles. The number of nitro groups is 1. The van der Waals surface area contributed by atoms with Crippen LogP contribution in [0.1, 0.15) is 32.6 Å². The predicted molar refractivity (Wildman–Crippen MR) is 101 cm³/mol. The number of hydrogen-bond donors (Lipinski definition) is 1. The molecule has 2 heterocycles. The number of piperidine rings is 1. The molecule has 130 valence electrons. The van der Waals surface area contributed by atoms with Crippen molar-refractivity contribution in [2.75, 3.05) is 25.0 Å². The summed E-state index contributed by atoms with van der Waals surface area (Å²) in [5.74, 6) is 0. The Morgan fingerprint density at radius 1 is 1.46 bits per heavy atom. The molecule has 1 saturated heterocycles. The maximum Gasteiger partial charge on any atom is 0.348 e. The van der Waals surface area contributed by atoms with Crippen LogP contribution in [0.2, 0.25) is 5.02 Å². The van der Waals surface area contributed by atoms with E-state index in [0.717, 1.165) is 36.1 Å². The zero-order valence-electron chi connectivity index (χ0n) is 13.8. The predicted octanol–water partition coefficient (Wildman–Crippen LogP) is 5.14. The van der Waals surface area contributed by atoms with Crippen molar-refractivity contribution in [2.24, 2.45) is 0 Å². The number of fused-ring (bicyclic) bond motifs is 1. The molecule has 0 saturated carbocycles. The molecule has 1 fully saturated rings. The number of benzene rings is 1. The van der Waals surface area contributed by atoms with E-state index in [1.807, 2.05) is 6.07 Å². The van der Waals surface area contributed by atoms with Gasteiger partial charge >= 0.3 is 5.00 Å². The van der Waals surface area contributed by atoms with E-state index in [1.165, 1.54) is 30.6 Å². The Balaban J connectivity index is 1.66. The highest BCUT2D eigenvalue weighted by molar-refractivity contribution is 7.23. The molecule has 1 unspecified atom stereocenters. The topological polar surface area (TPSA) is 58.4 Å². The van der Waals surface area contributed by atoms with Gasteiger partial charge in [-0.25, -0.2) is 0 Å². The van der Waals surface area contributed by atoms with Gasteiger partial charge in [-0.05, 0) is 50.9 Å². The Hall–Kier alpha value is -1.37. The van der Waals surface area contributed by atoms with Crippen LogP contribution in [-0.4, -0.2) is 35.5 Å². The van der Waals surface area contributed by atoms with E-state index in [0.29, 0.717) is 16.8 Å². The first kappa shape index (κ1) is 17.5. The van der Waals surface area contributed by atoms with Gasteiger partial charge in [-0.15, -0.1) is 0 Å². The van der Waals surface area contributed by atoms with Crippen molar-refractivity contribution >= 4 is 43.7 Å². The van der Waals surface area contributed by atoms with Crippen LogP contribution < -0.4 is 5.32 Å². The summed E-state index contributed by atoms with van der Waals surface area (Å²) < 4.78 is 0.887. The summed E-state index contributed by atoms with van der Waals surface area (Å²) in [6.45, 7) is 5.21. The maximum atomic E-state index is 11.3. The molecule has 3 rings (SSSR count). The molecule has 2 aromatic rings. The van der Waals surface area contributed by atoms with E-state index in [2.05, 4.69) is 17.1 Å². The third-order valence-electron chi connectivity index (χ3n) is 4.66. The zero-order valence-corrected chi connectivity index (χ0v) is 15.3. The highest BCUT2D eigenvalue weighted by Gasteiger charge is 2.22. The van der Waals surface area contributed by atoms with Crippen molar-refractivity contribution < 1.29 is 4.92 Å². The van der Waals surface area contributed by atoms with Crippen LogP contribution in [0.25, 0.3) is 10.1 Å². The van der Waals surface area contributed by atoms with Crippen molar-refractivity contribution in [2.45, 2.75) is 38.6 Å². The van der Waals surface area contributed by atoms with Gasteiger partial charge < -0.3 is 10.2 Å². The molecule has 0 bridgehead atoms. The number of nitrogens with one attached hydrogen (secondary N) is 1. The summed E-state index contributed by atoms with van der Waals surface area (Å²) in [6, 6.07) is 6.06. The molecule has 1 aromatic carbocycles. The molecule has 5 nitrogen and oxygen atoms in total. The molecule has 1 aliphatic rings. The van der Waals surface area contributed by atoms with Gasteiger partial charge in [0.05, 0.1) is 4.92 Å². The standard InChI is InChI=1S/C17H22ClN3O2S/c1-12-5-2-3-9-20(12)10-4-8-19-16-14-11-13(18)6-7-15(14)24-17(16)21(22)23/h6-7,11-12,19H,2-5,8-10H2,1H3. The summed E-state index contributed by atoms with van der Waals surface area (Å²) in [4.78, 5) is 13.5. The lowest BCUT2D eigenvalue weighted by molar-refractivity contribution is -0.379. The summed E-state index contributed by atoms with van der Waals surface area (Å²) >= 11 is 7.26. The Morgan fingerprint density at radius 3 is 3.04 bits per heavy atom. The van der Waals surface area contributed by atoms with Crippen molar-refractivity contribution in [3.8, 4) is 0 Å². The number of likely N-dealkylation sites (tertiary alicyclic amines) is 1. The lowest BCUT2D eigenvalue weighted by atomic mass is 10.0. The fourth-order valence-corrected chi connectivity index (χ4v) is 4.49. The first-order chi connectivity index (χ1) is 11.6. The molecule has 1 N–H and O–H groups in total. The minimum atomic E-state index is -0.312. The Bertz CT molecular complexity index is 734. The molecule has 0 aliphatic carbocycles. The van der Waals surface area contributed by atoms with E-state index in [1.54, 1.807) is 12.1 Å². The Morgan fingerprint density at radius 2 is 2.29 bits per heavy atom. The van der Waals surface area contributed by atoms with Gasteiger partial charge in [-0.2, -0.15) is 0 Å². The smallest absolute Gasteiger partial charge is 0.348 e. The number of rotatable bonds is 6. The number of anilines is 1. The van der Waals surface area contributed by atoms with Gasteiger partial charge in [0.1, 0.15) is 5.69 Å². The van der Waals surface area contributed by atoms with Crippen molar-refractivity contribution in [1.29, 1.82) is 0 Å². The van der Waals surface area contributed by atoms with Gasteiger partial charge in [-0.3, -0.25) is 10.1 Å². The number of halogens is 1. The zero-order chi connectivity index (χ0) is 17.1. The average molecular weight is 368 g/mol. The van der Waals surface area contributed by atoms with Gasteiger partial charge in [0, 0.05) is 34.2 Å². The quantitative estimate of drug-likeness (QED) is 0.436. The van der Waals surface area contributed by atoms with Crippen molar-refractivity contribution in [3.63, 3.8) is 0 Å². The Kier molecular flexibility index (Phi) is 5.58. The SMILES string of the molecule is CC1CCCCN1CCCNc1c([N+](=O)[O-])sc2ccc(Cl)cc12. The molecule has 0 amide bonds. The minimum Gasteiger partial charge on any atom is -0.378 e. The van der Waals surface area contributed by atoms with Gasteiger partial charge in [0.15, 0.2) is 0 Å². The van der Waals surface area contributed by atoms with Crippen LogP contribution in [-0.2, 0) is 0 Å². The monoisotopic (exact) mass is 367 g/mol. The van der Waals surface area contributed by atoms with Crippen LogP contribution in [0.5, 0.6) is 0 Å². The van der Waals surface area contributed by atoms with Crippen LogP contribution in [0.4, 0.5) is 10.7 Å². The van der Waals surface area contributed by atoms with E-state index in [9.17, 15) is 10.1 Å². The summed E-state index contributed by atoms with van der Waals surface area (Å²) in [6.07, 6.45) is 4.84. The second kappa shape index (κ2) is 7.68. The lowest BCUT2D eigenvalue weighted by Crippen LogP contribution is -2.38. The molecule has 24 heavy (non-hydrogen) atoms. The lowest BCUT2D eigenvalue weighted by Gasteiger charge is -2.33. The Labute approximate surface area is 150 Å². The van der Waals surface area contributed by atoms with E-state index < -0.39 is 0 Å². The number of nitrogens with zero attached hydrogens (tertiary/aromatic N) is 2. The minimum absolute atomic E-state index is 0.165. The molecular weight excluding hydrogens is 346 g/mol. The molecule has 0 spiro atoms. The average Bonchev–Trinajstić information content (AvgIpc) is 2.91. The highest BCUT2D eigenvalue weighted by Crippen LogP contribution is 2.42. The molecule has 1 aromatic heterocycles. The van der Waals surface area contributed by atoms with Crippen LogP contribution in [0, 0.1) is 10.1 Å². The number of thiophene rings is 1. The summed E-state index contributed by atoms with van der Waals surface area (Å²) in [5, 5.41) is 16.2. The first-order valence-corrected chi connectivity index (χ1v) is 9.60. The third-order valence-corrected chi connectivity index (χ3v) is 6.02. The highest BCUT2D eigenvalue weighted by atomic mass is 35.5. The molecular formula is C17H22ClN3O2S. The normalized spacial score (nSPS) is 18.8. The summed E-state index contributed by atoms with van der Waals surface area (Å²) in [7, 11) is 0. The third kappa shape index (κ3) is 3.82. The number of hydrogen-bond acceptors (Lipinski definition) is 5. The van der Waals surface area contributed by atoms with Crippen LogP contribution >= 0.6 is 22.9 Å². The maximum absolute atomic E-state index is 11.3.